The van der Waals surface area contributed by atoms with Crippen LogP contribution in [0.5, 0.6) is 0 Å². The van der Waals surface area contributed by atoms with Crippen LogP contribution in [0.2, 0.25) is 0 Å². The first-order chi connectivity index (χ1) is 5.20. The Morgan fingerprint density at radius 2 is 1.91 bits per heavy atom. The van der Waals surface area contributed by atoms with E-state index in [-0.39, 0.29) is 5.91 Å². The molecule has 1 N–H and O–H groups in total. The molecule has 2 heteroatoms. The van der Waals surface area contributed by atoms with Crippen molar-refractivity contribution < 1.29 is 4.79 Å². The molecule has 1 aliphatic rings. The summed E-state index contributed by atoms with van der Waals surface area (Å²) >= 11 is 0. The summed E-state index contributed by atoms with van der Waals surface area (Å²) in [5.74, 6) is 0.579. The third-order valence-corrected chi connectivity index (χ3v) is 2.16. The molecule has 1 fully saturated rings. The molecule has 0 aromatic rings. The summed E-state index contributed by atoms with van der Waals surface area (Å²) in [6.07, 6.45) is 4.66. The maximum atomic E-state index is 11.3. The molecule has 1 saturated carbocycles. The van der Waals surface area contributed by atoms with E-state index in [1.165, 1.54) is 12.8 Å². The Kier molecular flexibility index (Phi) is 2.92. The third-order valence-electron chi connectivity index (χ3n) is 2.16. The fourth-order valence-electron chi connectivity index (χ4n) is 1.59. The van der Waals surface area contributed by atoms with Gasteiger partial charge in [-0.15, -0.1) is 0 Å². The van der Waals surface area contributed by atoms with Crippen molar-refractivity contribution in [2.24, 2.45) is 5.92 Å². The lowest BCUT2D eigenvalue weighted by molar-refractivity contribution is -0.125. The van der Waals surface area contributed by atoms with Crippen LogP contribution in [-0.4, -0.2) is 11.9 Å². The van der Waals surface area contributed by atoms with Crippen LogP contribution in [0.1, 0.15) is 39.5 Å². The number of carbonyl (C=O) groups is 1. The van der Waals surface area contributed by atoms with Gasteiger partial charge in [-0.3, -0.25) is 4.79 Å². The van der Waals surface area contributed by atoms with Crippen LogP contribution in [0.25, 0.3) is 0 Å². The van der Waals surface area contributed by atoms with Gasteiger partial charge in [-0.05, 0) is 26.7 Å². The number of hydrogen-bond acceptors (Lipinski definition) is 1. The molecule has 1 amide bonds. The number of nitrogens with one attached hydrogen (secondary N) is 1. The van der Waals surface area contributed by atoms with E-state index in [1.54, 1.807) is 0 Å². The Morgan fingerprint density at radius 1 is 1.36 bits per heavy atom. The Morgan fingerprint density at radius 3 is 2.36 bits per heavy atom. The van der Waals surface area contributed by atoms with Crippen molar-refractivity contribution in [3.63, 3.8) is 0 Å². The first kappa shape index (κ1) is 8.57. The van der Waals surface area contributed by atoms with E-state index in [0.29, 0.717) is 12.0 Å². The Bertz CT molecular complexity index is 136. The normalized spacial score (nSPS) is 19.2. The molecule has 0 aromatic carbocycles. The largest absolute Gasteiger partial charge is 0.354 e. The van der Waals surface area contributed by atoms with Crippen molar-refractivity contribution >= 4 is 5.91 Å². The van der Waals surface area contributed by atoms with Gasteiger partial charge in [-0.1, -0.05) is 12.8 Å². The zero-order valence-electron chi connectivity index (χ0n) is 7.39. The average molecular weight is 155 g/mol. The summed E-state index contributed by atoms with van der Waals surface area (Å²) in [4.78, 5) is 11.3. The second-order valence-corrected chi connectivity index (χ2v) is 3.64. The summed E-state index contributed by atoms with van der Waals surface area (Å²) < 4.78 is 0. The number of rotatable bonds is 2. The molecule has 1 rings (SSSR count). The molecular weight excluding hydrogens is 138 g/mol. The van der Waals surface area contributed by atoms with Crippen LogP contribution in [0, 0.1) is 5.92 Å². The van der Waals surface area contributed by atoms with Crippen LogP contribution >= 0.6 is 0 Å². The van der Waals surface area contributed by atoms with Crippen LogP contribution in [0.3, 0.4) is 0 Å². The maximum absolute atomic E-state index is 11.3. The van der Waals surface area contributed by atoms with E-state index >= 15 is 0 Å². The highest BCUT2D eigenvalue weighted by atomic mass is 16.1. The maximum Gasteiger partial charge on any atom is 0.223 e. The van der Waals surface area contributed by atoms with Crippen molar-refractivity contribution in [2.45, 2.75) is 45.6 Å². The summed E-state index contributed by atoms with van der Waals surface area (Å²) in [6, 6.07) is 0.295. The SMILES string of the molecule is CC(C)NC(=O)C1CCCC1. The molecule has 0 saturated heterocycles. The minimum atomic E-state index is 0.262. The topological polar surface area (TPSA) is 29.1 Å². The number of carbonyl (C=O) groups excluding carboxylic acids is 1. The van der Waals surface area contributed by atoms with Crippen molar-refractivity contribution in [2.75, 3.05) is 0 Å². The standard InChI is InChI=1S/C9H17NO/c1-7(2)10-9(11)8-5-3-4-6-8/h7-8H,3-6H2,1-2H3,(H,10,11). The summed E-state index contributed by atoms with van der Waals surface area (Å²) in [5.41, 5.74) is 0. The predicted octanol–water partition coefficient (Wildman–Crippen LogP) is 1.70. The van der Waals surface area contributed by atoms with Gasteiger partial charge in [0.1, 0.15) is 0 Å². The quantitative estimate of drug-likeness (QED) is 0.646. The fraction of sp³-hybridized carbons (Fsp3) is 0.889. The van der Waals surface area contributed by atoms with Crippen molar-refractivity contribution in [1.29, 1.82) is 0 Å². The number of hydrogen-bond donors (Lipinski definition) is 1. The third kappa shape index (κ3) is 2.52. The van der Waals surface area contributed by atoms with Gasteiger partial charge in [0.15, 0.2) is 0 Å². The van der Waals surface area contributed by atoms with E-state index in [0.717, 1.165) is 12.8 Å². The second-order valence-electron chi connectivity index (χ2n) is 3.64. The van der Waals surface area contributed by atoms with Gasteiger partial charge >= 0.3 is 0 Å². The van der Waals surface area contributed by atoms with Crippen molar-refractivity contribution in [1.82, 2.24) is 5.32 Å². The van der Waals surface area contributed by atoms with Crippen LogP contribution in [-0.2, 0) is 4.79 Å². The summed E-state index contributed by atoms with van der Waals surface area (Å²) in [7, 11) is 0. The highest BCUT2D eigenvalue weighted by Crippen LogP contribution is 2.24. The van der Waals surface area contributed by atoms with E-state index in [2.05, 4.69) is 5.32 Å². The molecule has 0 aromatic heterocycles. The molecule has 11 heavy (non-hydrogen) atoms. The van der Waals surface area contributed by atoms with Gasteiger partial charge in [0.05, 0.1) is 0 Å². The first-order valence-electron chi connectivity index (χ1n) is 4.50. The molecule has 0 bridgehead atoms. The van der Waals surface area contributed by atoms with E-state index < -0.39 is 0 Å². The van der Waals surface area contributed by atoms with E-state index in [1.807, 2.05) is 13.8 Å². The Labute approximate surface area is 68.4 Å². The van der Waals surface area contributed by atoms with Gasteiger partial charge in [0, 0.05) is 12.0 Å². The van der Waals surface area contributed by atoms with Crippen molar-refractivity contribution in [3.8, 4) is 0 Å². The Balaban J connectivity index is 2.28. The minimum absolute atomic E-state index is 0.262. The molecule has 0 aliphatic heterocycles. The van der Waals surface area contributed by atoms with Crippen LogP contribution in [0.4, 0.5) is 0 Å². The second kappa shape index (κ2) is 3.74. The molecule has 64 valence electrons. The lowest BCUT2D eigenvalue weighted by Gasteiger charge is -2.12. The van der Waals surface area contributed by atoms with Gasteiger partial charge in [-0.2, -0.15) is 0 Å². The zero-order valence-corrected chi connectivity index (χ0v) is 7.39. The first-order valence-corrected chi connectivity index (χ1v) is 4.50. The van der Waals surface area contributed by atoms with Gasteiger partial charge < -0.3 is 5.32 Å². The molecule has 2 nitrogen and oxygen atoms in total. The van der Waals surface area contributed by atoms with Crippen LogP contribution < -0.4 is 5.32 Å². The van der Waals surface area contributed by atoms with Crippen LogP contribution in [0.15, 0.2) is 0 Å². The molecule has 0 radical (unpaired) electrons. The molecule has 0 heterocycles. The van der Waals surface area contributed by atoms with E-state index in [9.17, 15) is 4.79 Å². The molecule has 1 aliphatic carbocycles. The number of amides is 1. The highest BCUT2D eigenvalue weighted by molar-refractivity contribution is 5.79. The van der Waals surface area contributed by atoms with E-state index in [4.69, 9.17) is 0 Å². The minimum Gasteiger partial charge on any atom is -0.354 e. The van der Waals surface area contributed by atoms with Gasteiger partial charge in [0.2, 0.25) is 5.91 Å². The van der Waals surface area contributed by atoms with Gasteiger partial charge in [-0.25, -0.2) is 0 Å². The van der Waals surface area contributed by atoms with Crippen molar-refractivity contribution in [3.05, 3.63) is 0 Å². The Hall–Kier alpha value is -0.530. The molecule has 0 spiro atoms. The highest BCUT2D eigenvalue weighted by Gasteiger charge is 2.22. The zero-order chi connectivity index (χ0) is 8.27. The molecule has 0 atom stereocenters. The van der Waals surface area contributed by atoms with Gasteiger partial charge in [0.25, 0.3) is 0 Å². The smallest absolute Gasteiger partial charge is 0.223 e. The lowest BCUT2D eigenvalue weighted by atomic mass is 10.1. The predicted molar refractivity (Wildman–Crippen MR) is 45.2 cm³/mol. The monoisotopic (exact) mass is 155 g/mol. The summed E-state index contributed by atoms with van der Waals surface area (Å²) in [6.45, 7) is 4.01. The molecule has 0 unspecified atom stereocenters. The fourth-order valence-corrected chi connectivity index (χ4v) is 1.59. The lowest BCUT2D eigenvalue weighted by Crippen LogP contribution is -2.34. The average Bonchev–Trinajstić information content (AvgIpc) is 2.35. The molecular formula is C9H17NO. The summed E-state index contributed by atoms with van der Waals surface area (Å²) in [5, 5.41) is 2.95.